The highest BCUT2D eigenvalue weighted by molar-refractivity contribution is 5.95. The van der Waals surface area contributed by atoms with E-state index in [1.165, 1.54) is 6.07 Å². The predicted molar refractivity (Wildman–Crippen MR) is 154 cm³/mol. The summed E-state index contributed by atoms with van der Waals surface area (Å²) >= 11 is 0. The fraction of sp³-hybridized carbons (Fsp3) is 0.344. The van der Waals surface area contributed by atoms with Gasteiger partial charge in [0.2, 0.25) is 0 Å². The SMILES string of the molecule is Cc1c(-c2cc3ccc(-c4cccc(O)c4F)nc3n2CC2CC2)nn2cc(C(=O)N3CC4CCC3[C@@H]4N)ccc12. The Kier molecular flexibility index (Phi) is 5.32. The van der Waals surface area contributed by atoms with E-state index in [0.29, 0.717) is 23.1 Å². The number of hydrogen-bond donors (Lipinski definition) is 2. The van der Waals surface area contributed by atoms with Crippen LogP contribution < -0.4 is 5.73 Å². The van der Waals surface area contributed by atoms with Gasteiger partial charge in [-0.1, -0.05) is 6.07 Å². The van der Waals surface area contributed by atoms with Crippen molar-refractivity contribution in [3.05, 3.63) is 71.7 Å². The summed E-state index contributed by atoms with van der Waals surface area (Å²) in [6.45, 7) is 3.58. The van der Waals surface area contributed by atoms with Gasteiger partial charge < -0.3 is 20.3 Å². The molecule has 5 aromatic rings. The molecule has 0 spiro atoms. The maximum atomic E-state index is 14.8. The minimum absolute atomic E-state index is 0.0167. The maximum Gasteiger partial charge on any atom is 0.255 e. The third-order valence-corrected chi connectivity index (χ3v) is 9.42. The fourth-order valence-corrected chi connectivity index (χ4v) is 6.93. The Labute approximate surface area is 236 Å². The first kappa shape index (κ1) is 24.5. The number of benzene rings is 1. The zero-order chi connectivity index (χ0) is 28.0. The molecule has 1 saturated heterocycles. The quantitative estimate of drug-likeness (QED) is 0.316. The average Bonchev–Trinajstić information content (AvgIpc) is 3.39. The molecule has 0 radical (unpaired) electrons. The molecule has 208 valence electrons. The van der Waals surface area contributed by atoms with Gasteiger partial charge in [0.15, 0.2) is 11.6 Å². The second kappa shape index (κ2) is 8.88. The molecule has 3 aliphatic rings. The second-order valence-corrected chi connectivity index (χ2v) is 12.0. The number of aromatic hydroxyl groups is 1. The van der Waals surface area contributed by atoms with E-state index < -0.39 is 11.6 Å². The zero-order valence-corrected chi connectivity index (χ0v) is 22.8. The number of carbonyl (C=O) groups excluding carboxylic acids is 1. The van der Waals surface area contributed by atoms with Gasteiger partial charge in [-0.3, -0.25) is 4.79 Å². The van der Waals surface area contributed by atoms with Gasteiger partial charge in [-0.2, -0.15) is 5.10 Å². The number of phenols is 1. The van der Waals surface area contributed by atoms with Crippen molar-refractivity contribution in [2.45, 2.75) is 51.2 Å². The third-order valence-electron chi connectivity index (χ3n) is 9.42. The number of nitrogens with zero attached hydrogens (tertiary/aromatic N) is 5. The van der Waals surface area contributed by atoms with E-state index in [4.69, 9.17) is 15.8 Å². The summed E-state index contributed by atoms with van der Waals surface area (Å²) in [5, 5.41) is 15.8. The Morgan fingerprint density at radius 2 is 1.98 bits per heavy atom. The van der Waals surface area contributed by atoms with Crippen LogP contribution in [0.3, 0.4) is 0 Å². The summed E-state index contributed by atoms with van der Waals surface area (Å²) in [6.07, 6.45) is 6.24. The molecule has 9 heteroatoms. The summed E-state index contributed by atoms with van der Waals surface area (Å²) in [5.41, 5.74) is 12.2. The number of likely N-dealkylation sites (tertiary alicyclic amines) is 1. The largest absolute Gasteiger partial charge is 0.505 e. The maximum absolute atomic E-state index is 14.8. The van der Waals surface area contributed by atoms with Crippen molar-refractivity contribution in [1.82, 2.24) is 24.1 Å². The van der Waals surface area contributed by atoms with E-state index in [-0.39, 0.29) is 23.6 Å². The molecule has 2 aliphatic carbocycles. The lowest BCUT2D eigenvalue weighted by Gasteiger charge is -2.27. The van der Waals surface area contributed by atoms with Gasteiger partial charge in [0.05, 0.1) is 22.5 Å². The number of rotatable bonds is 5. The lowest BCUT2D eigenvalue weighted by atomic mass is 10.1. The van der Waals surface area contributed by atoms with Gasteiger partial charge in [-0.25, -0.2) is 13.9 Å². The summed E-state index contributed by atoms with van der Waals surface area (Å²) in [6, 6.07) is 14.5. The van der Waals surface area contributed by atoms with Crippen LogP contribution in [-0.2, 0) is 6.54 Å². The first-order chi connectivity index (χ1) is 19.9. The highest BCUT2D eigenvalue weighted by atomic mass is 19.1. The average molecular weight is 551 g/mol. The van der Waals surface area contributed by atoms with Crippen LogP contribution in [0, 0.1) is 24.6 Å². The molecule has 1 aromatic carbocycles. The summed E-state index contributed by atoms with van der Waals surface area (Å²) in [4.78, 5) is 20.3. The van der Waals surface area contributed by atoms with Crippen LogP contribution in [0.2, 0.25) is 0 Å². The van der Waals surface area contributed by atoms with Gasteiger partial charge in [0.1, 0.15) is 11.3 Å². The van der Waals surface area contributed by atoms with Gasteiger partial charge in [0, 0.05) is 47.9 Å². The second-order valence-electron chi connectivity index (χ2n) is 12.0. The van der Waals surface area contributed by atoms with Crippen molar-refractivity contribution in [2.24, 2.45) is 17.6 Å². The number of pyridine rings is 2. The fourth-order valence-electron chi connectivity index (χ4n) is 6.93. The van der Waals surface area contributed by atoms with E-state index in [2.05, 4.69) is 17.6 Å². The molecule has 4 aromatic heterocycles. The molecule has 8 rings (SSSR count). The van der Waals surface area contributed by atoms with Gasteiger partial charge in [0.25, 0.3) is 5.91 Å². The lowest BCUT2D eigenvalue weighted by Crippen LogP contribution is -2.41. The molecular formula is C32H31FN6O2. The van der Waals surface area contributed by atoms with Crippen LogP contribution in [0.4, 0.5) is 4.39 Å². The summed E-state index contributed by atoms with van der Waals surface area (Å²) in [7, 11) is 0. The Bertz CT molecular complexity index is 1870. The van der Waals surface area contributed by atoms with Crippen molar-refractivity contribution >= 4 is 22.5 Å². The minimum atomic E-state index is -0.676. The molecular weight excluding hydrogens is 519 g/mol. The number of halogens is 1. The van der Waals surface area contributed by atoms with Crippen molar-refractivity contribution in [2.75, 3.05) is 6.54 Å². The van der Waals surface area contributed by atoms with Crippen LogP contribution in [-0.4, -0.2) is 53.7 Å². The third kappa shape index (κ3) is 3.79. The zero-order valence-electron chi connectivity index (χ0n) is 22.8. The smallest absolute Gasteiger partial charge is 0.255 e. The van der Waals surface area contributed by atoms with Crippen molar-refractivity contribution in [3.63, 3.8) is 0 Å². The number of hydrogen-bond acceptors (Lipinski definition) is 5. The molecule has 3 atom stereocenters. The van der Waals surface area contributed by atoms with Gasteiger partial charge >= 0.3 is 0 Å². The number of aromatic nitrogens is 4. The van der Waals surface area contributed by atoms with E-state index in [9.17, 15) is 14.3 Å². The predicted octanol–water partition coefficient (Wildman–Crippen LogP) is 5.14. The number of phenolic OH excluding ortho intramolecular Hbond substituents is 1. The number of carbonyl (C=O) groups is 1. The lowest BCUT2D eigenvalue weighted by molar-refractivity contribution is 0.0700. The van der Waals surface area contributed by atoms with Gasteiger partial charge in [-0.15, -0.1) is 0 Å². The van der Waals surface area contributed by atoms with Crippen molar-refractivity contribution in [3.8, 4) is 28.4 Å². The number of aryl methyl sites for hydroxylation is 1. The standard InChI is InChI=1S/C32H31FN6O2/c1-17-24-11-9-21(32(41)38-15-20-8-12-25(38)29(20)34)16-39(24)36-30(17)26-13-19-7-10-23(22-3-2-4-27(40)28(22)33)35-31(19)37(26)14-18-5-6-18/h2-4,7,9-11,13,16,18,20,25,29,40H,5-6,8,12,14-15,34H2,1H3/t20?,25?,29-/m1/s1. The Morgan fingerprint density at radius 1 is 1.12 bits per heavy atom. The number of amides is 1. The molecule has 2 bridgehead atoms. The van der Waals surface area contributed by atoms with Crippen LogP contribution in [0.1, 0.15) is 41.6 Å². The van der Waals surface area contributed by atoms with Crippen molar-refractivity contribution < 1.29 is 14.3 Å². The Morgan fingerprint density at radius 3 is 2.73 bits per heavy atom. The van der Waals surface area contributed by atoms with Crippen LogP contribution in [0.25, 0.3) is 39.2 Å². The molecule has 1 aliphatic heterocycles. The monoisotopic (exact) mass is 550 g/mol. The summed E-state index contributed by atoms with van der Waals surface area (Å²) in [5.74, 6) is -0.0845. The van der Waals surface area contributed by atoms with E-state index in [1.807, 2.05) is 33.8 Å². The normalized spacial score (nSPS) is 21.9. The molecule has 3 fully saturated rings. The van der Waals surface area contributed by atoms with E-state index >= 15 is 0 Å². The Hall–Kier alpha value is -4.24. The minimum Gasteiger partial charge on any atom is -0.505 e. The van der Waals surface area contributed by atoms with Crippen LogP contribution in [0.15, 0.2) is 54.7 Å². The molecule has 8 nitrogen and oxygen atoms in total. The number of fused-ring (bicyclic) bond motifs is 4. The first-order valence-corrected chi connectivity index (χ1v) is 14.4. The molecule has 41 heavy (non-hydrogen) atoms. The van der Waals surface area contributed by atoms with Crippen LogP contribution in [0.5, 0.6) is 5.75 Å². The van der Waals surface area contributed by atoms with Gasteiger partial charge in [-0.05, 0) is 86.9 Å². The molecule has 1 amide bonds. The number of nitrogens with two attached hydrogens (primary N) is 1. The molecule has 3 N–H and O–H groups in total. The van der Waals surface area contributed by atoms with Crippen molar-refractivity contribution in [1.29, 1.82) is 0 Å². The van der Waals surface area contributed by atoms with E-state index in [0.717, 1.165) is 72.3 Å². The van der Waals surface area contributed by atoms with Crippen LogP contribution >= 0.6 is 0 Å². The Balaban J connectivity index is 1.21. The molecule has 2 saturated carbocycles. The highest BCUT2D eigenvalue weighted by Gasteiger charge is 2.46. The first-order valence-electron chi connectivity index (χ1n) is 14.4. The summed E-state index contributed by atoms with van der Waals surface area (Å²) < 4.78 is 18.8. The molecule has 5 heterocycles. The molecule has 2 unspecified atom stereocenters. The highest BCUT2D eigenvalue weighted by Crippen LogP contribution is 2.39. The number of piperidine rings is 1. The topological polar surface area (TPSA) is 102 Å². The van der Waals surface area contributed by atoms with E-state index in [1.54, 1.807) is 18.2 Å².